The van der Waals surface area contributed by atoms with E-state index in [0.717, 1.165) is 53.7 Å². The molecule has 7 heteroatoms. The number of rotatable bonds is 8. The summed E-state index contributed by atoms with van der Waals surface area (Å²) in [7, 11) is 0. The second kappa shape index (κ2) is 9.96. The van der Waals surface area contributed by atoms with Gasteiger partial charge >= 0.3 is 0 Å². The van der Waals surface area contributed by atoms with E-state index in [1.165, 1.54) is 11.3 Å². The first-order valence-corrected chi connectivity index (χ1v) is 12.4. The van der Waals surface area contributed by atoms with E-state index in [4.69, 9.17) is 4.98 Å². The minimum absolute atomic E-state index is 0.0137. The monoisotopic (exact) mass is 452 g/mol. The molecule has 1 N–H and O–H groups in total. The Morgan fingerprint density at radius 1 is 1.19 bits per heavy atom. The number of benzene rings is 1. The van der Waals surface area contributed by atoms with E-state index < -0.39 is 0 Å². The summed E-state index contributed by atoms with van der Waals surface area (Å²) in [5.41, 5.74) is 2.13. The number of hydrogen-bond acceptors (Lipinski definition) is 5. The highest BCUT2D eigenvalue weighted by Gasteiger charge is 2.23. The fourth-order valence-corrected chi connectivity index (χ4v) is 5.74. The molecule has 1 atom stereocenters. The number of aromatic nitrogens is 2. The van der Waals surface area contributed by atoms with Crippen molar-refractivity contribution in [1.82, 2.24) is 19.8 Å². The van der Waals surface area contributed by atoms with Crippen LogP contribution in [0.1, 0.15) is 61.5 Å². The average Bonchev–Trinajstić information content (AvgIpc) is 3.18. The van der Waals surface area contributed by atoms with Crippen LogP contribution in [0.2, 0.25) is 0 Å². The number of nitrogens with one attached hydrogen (secondary N) is 1. The zero-order chi connectivity index (χ0) is 22.7. The van der Waals surface area contributed by atoms with Gasteiger partial charge in [0.15, 0.2) is 0 Å². The number of fused-ring (bicyclic) bond motifs is 3. The highest BCUT2D eigenvalue weighted by molar-refractivity contribution is 7.18. The Balaban J connectivity index is 1.69. The van der Waals surface area contributed by atoms with Crippen molar-refractivity contribution >= 4 is 27.5 Å². The Kier molecular flexibility index (Phi) is 7.06. The Bertz CT molecular complexity index is 1150. The molecule has 3 aromatic rings. The first kappa shape index (κ1) is 22.7. The minimum Gasteiger partial charge on any atom is -0.348 e. The largest absolute Gasteiger partial charge is 0.348 e. The number of nitrogens with zero attached hydrogens (tertiary/aromatic N) is 3. The van der Waals surface area contributed by atoms with Gasteiger partial charge in [-0.25, -0.2) is 4.98 Å². The maximum Gasteiger partial charge on any atom is 0.263 e. The predicted molar refractivity (Wildman–Crippen MR) is 130 cm³/mol. The second-order valence-electron chi connectivity index (χ2n) is 8.47. The van der Waals surface area contributed by atoms with Crippen LogP contribution in [0.3, 0.4) is 0 Å². The van der Waals surface area contributed by atoms with E-state index in [9.17, 15) is 9.59 Å². The van der Waals surface area contributed by atoms with Crippen LogP contribution in [0, 0.1) is 0 Å². The SMILES string of the molecule is CCN(CC)Cc1nc2sc3c(c2c(=O)n1CC(=O)NC(C)c1ccccc1)CCCC3. The molecular weight excluding hydrogens is 420 g/mol. The fourth-order valence-electron chi connectivity index (χ4n) is 4.47. The summed E-state index contributed by atoms with van der Waals surface area (Å²) >= 11 is 1.66. The predicted octanol–water partition coefficient (Wildman–Crippen LogP) is 4.06. The van der Waals surface area contributed by atoms with Crippen molar-refractivity contribution in [3.8, 4) is 0 Å². The van der Waals surface area contributed by atoms with E-state index in [-0.39, 0.29) is 24.1 Å². The van der Waals surface area contributed by atoms with Crippen LogP contribution in [0.4, 0.5) is 0 Å². The van der Waals surface area contributed by atoms with Gasteiger partial charge in [-0.2, -0.15) is 0 Å². The number of thiophene rings is 1. The highest BCUT2D eigenvalue weighted by atomic mass is 32.1. The van der Waals surface area contributed by atoms with E-state index in [1.807, 2.05) is 37.3 Å². The van der Waals surface area contributed by atoms with Crippen molar-refractivity contribution in [2.45, 2.75) is 65.6 Å². The highest BCUT2D eigenvalue weighted by Crippen LogP contribution is 2.33. The summed E-state index contributed by atoms with van der Waals surface area (Å²) < 4.78 is 1.61. The molecule has 0 saturated heterocycles. The molecule has 2 aromatic heterocycles. The molecule has 2 heterocycles. The van der Waals surface area contributed by atoms with E-state index in [1.54, 1.807) is 15.9 Å². The number of carbonyl (C=O) groups excluding carboxylic acids is 1. The third-order valence-electron chi connectivity index (χ3n) is 6.39. The molecule has 170 valence electrons. The molecule has 0 saturated carbocycles. The first-order valence-electron chi connectivity index (χ1n) is 11.6. The molecule has 4 rings (SSSR count). The van der Waals surface area contributed by atoms with Gasteiger partial charge in [-0.3, -0.25) is 19.1 Å². The molecule has 0 fully saturated rings. The van der Waals surface area contributed by atoms with E-state index >= 15 is 0 Å². The lowest BCUT2D eigenvalue weighted by Crippen LogP contribution is -2.37. The lowest BCUT2D eigenvalue weighted by Gasteiger charge is -2.21. The summed E-state index contributed by atoms with van der Waals surface area (Å²) in [5.74, 6) is 0.502. The molecule has 0 bridgehead atoms. The molecule has 0 aliphatic heterocycles. The van der Waals surface area contributed by atoms with Crippen molar-refractivity contribution in [2.75, 3.05) is 13.1 Å². The zero-order valence-electron chi connectivity index (χ0n) is 19.2. The number of aryl methyl sites for hydroxylation is 2. The molecular formula is C25H32N4O2S. The van der Waals surface area contributed by atoms with Gasteiger partial charge in [-0.15, -0.1) is 11.3 Å². The average molecular weight is 453 g/mol. The Morgan fingerprint density at radius 2 is 1.91 bits per heavy atom. The third-order valence-corrected chi connectivity index (χ3v) is 7.58. The molecule has 0 spiro atoms. The lowest BCUT2D eigenvalue weighted by atomic mass is 9.97. The van der Waals surface area contributed by atoms with Crippen molar-refractivity contribution in [3.05, 3.63) is 62.5 Å². The molecule has 32 heavy (non-hydrogen) atoms. The molecule has 6 nitrogen and oxygen atoms in total. The van der Waals surface area contributed by atoms with Crippen molar-refractivity contribution in [1.29, 1.82) is 0 Å². The molecule has 1 unspecified atom stereocenters. The van der Waals surface area contributed by atoms with Gasteiger partial charge in [0, 0.05) is 4.88 Å². The van der Waals surface area contributed by atoms with Crippen LogP contribution in [-0.2, 0) is 30.7 Å². The van der Waals surface area contributed by atoms with Gasteiger partial charge in [-0.1, -0.05) is 44.2 Å². The fraction of sp³-hybridized carbons (Fsp3) is 0.480. The van der Waals surface area contributed by atoms with Gasteiger partial charge in [0.05, 0.1) is 18.0 Å². The van der Waals surface area contributed by atoms with Crippen LogP contribution in [0.5, 0.6) is 0 Å². The number of hydrogen-bond donors (Lipinski definition) is 1. The Labute approximate surface area is 193 Å². The third kappa shape index (κ3) is 4.64. The van der Waals surface area contributed by atoms with Crippen molar-refractivity contribution < 1.29 is 4.79 Å². The number of carbonyl (C=O) groups is 1. The van der Waals surface area contributed by atoms with Crippen molar-refractivity contribution in [3.63, 3.8) is 0 Å². The van der Waals surface area contributed by atoms with E-state index in [2.05, 4.69) is 24.1 Å². The van der Waals surface area contributed by atoms with Gasteiger partial charge in [-0.05, 0) is 56.8 Å². The summed E-state index contributed by atoms with van der Waals surface area (Å²) in [6.07, 6.45) is 4.23. The van der Waals surface area contributed by atoms with Gasteiger partial charge in [0.1, 0.15) is 17.2 Å². The molecule has 1 aliphatic carbocycles. The topological polar surface area (TPSA) is 67.2 Å². The maximum atomic E-state index is 13.7. The summed E-state index contributed by atoms with van der Waals surface area (Å²) in [6.45, 7) is 8.43. The second-order valence-corrected chi connectivity index (χ2v) is 9.56. The van der Waals surface area contributed by atoms with Crippen LogP contribution >= 0.6 is 11.3 Å². The van der Waals surface area contributed by atoms with Crippen LogP contribution in [-0.4, -0.2) is 33.4 Å². The van der Waals surface area contributed by atoms with Crippen LogP contribution in [0.25, 0.3) is 10.2 Å². The molecule has 1 aromatic carbocycles. The van der Waals surface area contributed by atoms with Crippen LogP contribution < -0.4 is 10.9 Å². The minimum atomic E-state index is -0.172. The quantitative estimate of drug-likeness (QED) is 0.560. The summed E-state index contributed by atoms with van der Waals surface area (Å²) in [4.78, 5) is 35.9. The standard InChI is InChI=1S/C25H32N4O2S/c1-4-28(5-2)15-21-27-24-23(19-13-9-10-14-20(19)32-24)25(31)29(21)16-22(30)26-17(3)18-11-7-6-8-12-18/h6-8,11-12,17H,4-5,9-10,13-16H2,1-3H3,(H,26,30). The molecule has 0 radical (unpaired) electrons. The number of amides is 1. The summed E-state index contributed by atoms with van der Waals surface area (Å²) in [5, 5.41) is 3.78. The summed E-state index contributed by atoms with van der Waals surface area (Å²) in [6, 6.07) is 9.74. The van der Waals surface area contributed by atoms with Gasteiger partial charge < -0.3 is 5.32 Å². The zero-order valence-corrected chi connectivity index (χ0v) is 20.0. The first-order chi connectivity index (χ1) is 15.5. The van der Waals surface area contributed by atoms with Gasteiger partial charge in [0.25, 0.3) is 5.56 Å². The lowest BCUT2D eigenvalue weighted by molar-refractivity contribution is -0.122. The smallest absolute Gasteiger partial charge is 0.263 e. The van der Waals surface area contributed by atoms with Crippen molar-refractivity contribution in [2.24, 2.45) is 0 Å². The van der Waals surface area contributed by atoms with Gasteiger partial charge in [0.2, 0.25) is 5.91 Å². The van der Waals surface area contributed by atoms with E-state index in [0.29, 0.717) is 12.4 Å². The van der Waals surface area contributed by atoms with Crippen LogP contribution in [0.15, 0.2) is 35.1 Å². The molecule has 1 aliphatic rings. The molecule has 1 amide bonds. The normalized spacial score (nSPS) is 14.5. The Hall–Kier alpha value is -2.51. The maximum absolute atomic E-state index is 13.7. The Morgan fingerprint density at radius 3 is 2.62 bits per heavy atom.